The zero-order valence-electron chi connectivity index (χ0n) is 8.21. The highest BCUT2D eigenvalue weighted by molar-refractivity contribution is 7.79. The summed E-state index contributed by atoms with van der Waals surface area (Å²) in [7, 11) is -3.16. The van der Waals surface area contributed by atoms with Crippen molar-refractivity contribution in [2.75, 3.05) is 12.5 Å². The van der Waals surface area contributed by atoms with Gasteiger partial charge in [-0.25, -0.2) is 4.39 Å². The van der Waals surface area contributed by atoms with E-state index in [-0.39, 0.29) is 5.69 Å². The third-order valence-electron chi connectivity index (χ3n) is 1.33. The molecule has 0 unspecified atom stereocenters. The van der Waals surface area contributed by atoms with E-state index in [2.05, 4.69) is 5.43 Å². The van der Waals surface area contributed by atoms with E-state index in [0.717, 1.165) is 0 Å². The average Bonchev–Trinajstić information content (AvgIpc) is 2.16. The second kappa shape index (κ2) is 6.23. The molecular weight excluding hydrogens is 243 g/mol. The number of rotatable bonds is 2. The zero-order chi connectivity index (χ0) is 12.8. The maximum absolute atomic E-state index is 12.7. The second-order valence-corrected chi connectivity index (χ2v) is 3.33. The molecule has 9 heteroatoms. The van der Waals surface area contributed by atoms with Crippen molar-refractivity contribution in [3.05, 3.63) is 24.0 Å². The van der Waals surface area contributed by atoms with Crippen LogP contribution in [0.1, 0.15) is 0 Å². The fourth-order valence-electron chi connectivity index (χ4n) is 0.742. The topological polar surface area (TPSA) is 122 Å². The van der Waals surface area contributed by atoms with Crippen molar-refractivity contribution >= 4 is 16.1 Å². The lowest BCUT2D eigenvalue weighted by Gasteiger charge is -2.03. The van der Waals surface area contributed by atoms with Gasteiger partial charge in [0, 0.05) is 6.07 Å². The monoisotopic (exact) mass is 254 g/mol. The molecule has 0 atom stereocenters. The van der Waals surface area contributed by atoms with Gasteiger partial charge >= 0.3 is 10.4 Å². The Labute approximate surface area is 91.6 Å². The standard InChI is InChI=1S/C7H9FN2O.H2O4S/c1-11-5-2-3-6(8)7(4-5)10-9;1-5(2,3)4/h2-4,10H,9H2,1H3;(H2,1,2,3,4). The van der Waals surface area contributed by atoms with Gasteiger partial charge in [-0.2, -0.15) is 8.42 Å². The van der Waals surface area contributed by atoms with Crippen LogP contribution in [-0.4, -0.2) is 24.6 Å². The van der Waals surface area contributed by atoms with Gasteiger partial charge in [0.05, 0.1) is 12.8 Å². The van der Waals surface area contributed by atoms with E-state index in [1.165, 1.54) is 25.3 Å². The Kier molecular flexibility index (Phi) is 5.67. The Bertz CT molecular complexity index is 428. The lowest BCUT2D eigenvalue weighted by Crippen LogP contribution is -2.08. The molecule has 0 heterocycles. The van der Waals surface area contributed by atoms with Gasteiger partial charge in [0.1, 0.15) is 11.6 Å². The van der Waals surface area contributed by atoms with Crippen LogP contribution in [0.5, 0.6) is 5.75 Å². The predicted octanol–water partition coefficient (Wildman–Crippen LogP) is 0.467. The highest BCUT2D eigenvalue weighted by Gasteiger charge is 2.00. The van der Waals surface area contributed by atoms with Crippen LogP contribution in [0.25, 0.3) is 0 Å². The number of halogens is 1. The van der Waals surface area contributed by atoms with Gasteiger partial charge in [-0.05, 0) is 12.1 Å². The van der Waals surface area contributed by atoms with Crippen LogP contribution in [0.3, 0.4) is 0 Å². The normalized spacial score (nSPS) is 10.1. The summed E-state index contributed by atoms with van der Waals surface area (Å²) in [5, 5.41) is 0. The molecule has 0 aliphatic rings. The van der Waals surface area contributed by atoms with Crippen LogP contribution in [0, 0.1) is 5.82 Å². The number of nitrogens with one attached hydrogen (secondary N) is 1. The van der Waals surface area contributed by atoms with Crippen molar-refractivity contribution in [1.82, 2.24) is 0 Å². The Morgan fingerprint density at radius 3 is 2.31 bits per heavy atom. The minimum atomic E-state index is -4.67. The number of hydrazine groups is 1. The highest BCUT2D eigenvalue weighted by atomic mass is 32.3. The fraction of sp³-hybridized carbons (Fsp3) is 0.143. The summed E-state index contributed by atoms with van der Waals surface area (Å²) in [5.41, 5.74) is 2.44. The molecule has 0 aromatic heterocycles. The molecular formula is C7H11FN2O5S. The maximum atomic E-state index is 12.7. The molecule has 0 saturated heterocycles. The molecule has 1 rings (SSSR count). The number of methoxy groups -OCH3 is 1. The molecule has 0 aliphatic carbocycles. The van der Waals surface area contributed by atoms with Gasteiger partial charge < -0.3 is 10.2 Å². The number of anilines is 1. The third-order valence-corrected chi connectivity index (χ3v) is 1.33. The molecule has 16 heavy (non-hydrogen) atoms. The lowest BCUT2D eigenvalue weighted by molar-refractivity contribution is 0.381. The molecule has 1 aromatic carbocycles. The number of hydrogen-bond acceptors (Lipinski definition) is 5. The first-order valence-corrected chi connectivity index (χ1v) is 5.17. The smallest absolute Gasteiger partial charge is 0.394 e. The SMILES string of the molecule is COc1ccc(F)c(NN)c1.O=S(=O)(O)O. The molecule has 5 N–H and O–H groups in total. The quantitative estimate of drug-likeness (QED) is 0.343. The van der Waals surface area contributed by atoms with Crippen LogP contribution < -0.4 is 16.0 Å². The van der Waals surface area contributed by atoms with Crippen molar-refractivity contribution in [2.24, 2.45) is 5.84 Å². The van der Waals surface area contributed by atoms with Crippen LogP contribution in [-0.2, 0) is 10.4 Å². The molecule has 1 aromatic rings. The molecule has 0 fully saturated rings. The first kappa shape index (κ1) is 14.6. The summed E-state index contributed by atoms with van der Waals surface area (Å²) >= 11 is 0. The minimum Gasteiger partial charge on any atom is -0.497 e. The van der Waals surface area contributed by atoms with Gasteiger partial charge in [-0.3, -0.25) is 14.9 Å². The summed E-state index contributed by atoms with van der Waals surface area (Å²) in [6.45, 7) is 0. The van der Waals surface area contributed by atoms with Crippen molar-refractivity contribution < 1.29 is 26.7 Å². The molecule has 0 amide bonds. The highest BCUT2D eigenvalue weighted by Crippen LogP contribution is 2.19. The molecule has 92 valence electrons. The molecule has 0 bridgehead atoms. The van der Waals surface area contributed by atoms with E-state index in [9.17, 15) is 4.39 Å². The summed E-state index contributed by atoms with van der Waals surface area (Å²) in [6, 6.07) is 4.29. The van der Waals surface area contributed by atoms with E-state index in [1.54, 1.807) is 0 Å². The summed E-state index contributed by atoms with van der Waals surface area (Å²) in [5.74, 6) is 5.20. The number of benzene rings is 1. The molecule has 0 saturated carbocycles. The molecule has 0 spiro atoms. The number of nitrogen functional groups attached to an aromatic ring is 1. The second-order valence-electron chi connectivity index (χ2n) is 2.44. The Morgan fingerprint density at radius 1 is 1.44 bits per heavy atom. The Morgan fingerprint density at radius 2 is 1.94 bits per heavy atom. The van der Waals surface area contributed by atoms with Crippen LogP contribution in [0.4, 0.5) is 10.1 Å². The average molecular weight is 254 g/mol. The molecule has 7 nitrogen and oxygen atoms in total. The van der Waals surface area contributed by atoms with Gasteiger partial charge in [0.2, 0.25) is 0 Å². The van der Waals surface area contributed by atoms with Gasteiger partial charge in [0.15, 0.2) is 0 Å². The van der Waals surface area contributed by atoms with Crippen molar-refractivity contribution in [3.8, 4) is 5.75 Å². The Balaban J connectivity index is 0.000000385. The Hall–Kier alpha value is -1.42. The first-order valence-electron chi connectivity index (χ1n) is 3.78. The van der Waals surface area contributed by atoms with E-state index in [0.29, 0.717) is 5.75 Å². The number of hydrogen-bond donors (Lipinski definition) is 4. The van der Waals surface area contributed by atoms with Crippen LogP contribution in [0.15, 0.2) is 18.2 Å². The van der Waals surface area contributed by atoms with Crippen molar-refractivity contribution in [3.63, 3.8) is 0 Å². The largest absolute Gasteiger partial charge is 0.497 e. The minimum absolute atomic E-state index is 0.226. The van der Waals surface area contributed by atoms with E-state index >= 15 is 0 Å². The maximum Gasteiger partial charge on any atom is 0.394 e. The third kappa shape index (κ3) is 6.95. The first-order chi connectivity index (χ1) is 7.27. The van der Waals surface area contributed by atoms with Crippen LogP contribution >= 0.6 is 0 Å². The lowest BCUT2D eigenvalue weighted by atomic mass is 10.3. The van der Waals surface area contributed by atoms with Gasteiger partial charge in [0.25, 0.3) is 0 Å². The van der Waals surface area contributed by atoms with Crippen LogP contribution in [0.2, 0.25) is 0 Å². The fourth-order valence-corrected chi connectivity index (χ4v) is 0.742. The van der Waals surface area contributed by atoms with Gasteiger partial charge in [-0.15, -0.1) is 0 Å². The number of nitrogens with two attached hydrogens (primary N) is 1. The van der Waals surface area contributed by atoms with Gasteiger partial charge in [-0.1, -0.05) is 0 Å². The summed E-state index contributed by atoms with van der Waals surface area (Å²) in [6.07, 6.45) is 0. The van der Waals surface area contributed by atoms with Crippen molar-refractivity contribution in [1.29, 1.82) is 0 Å². The molecule has 0 radical (unpaired) electrons. The van der Waals surface area contributed by atoms with E-state index in [1.807, 2.05) is 0 Å². The molecule has 0 aliphatic heterocycles. The number of ether oxygens (including phenoxy) is 1. The van der Waals surface area contributed by atoms with E-state index < -0.39 is 16.2 Å². The predicted molar refractivity (Wildman–Crippen MR) is 54.9 cm³/mol. The zero-order valence-corrected chi connectivity index (χ0v) is 9.03. The summed E-state index contributed by atoms with van der Waals surface area (Å²) in [4.78, 5) is 0. The summed E-state index contributed by atoms with van der Waals surface area (Å²) < 4.78 is 49.1. The van der Waals surface area contributed by atoms with Crippen molar-refractivity contribution in [2.45, 2.75) is 0 Å². The van der Waals surface area contributed by atoms with E-state index in [4.69, 9.17) is 28.1 Å².